The summed E-state index contributed by atoms with van der Waals surface area (Å²) < 4.78 is 5.45. The van der Waals surface area contributed by atoms with E-state index in [-0.39, 0.29) is 30.1 Å². The molecule has 1 saturated heterocycles. The van der Waals surface area contributed by atoms with Crippen molar-refractivity contribution in [3.8, 4) is 0 Å². The normalized spacial score (nSPS) is 16.2. The zero-order valence-electron chi connectivity index (χ0n) is 12.6. The van der Waals surface area contributed by atoms with E-state index in [1.54, 1.807) is 11.3 Å². The van der Waals surface area contributed by atoms with E-state index in [9.17, 15) is 0 Å². The minimum absolute atomic E-state index is 0. The van der Waals surface area contributed by atoms with Gasteiger partial charge in [0.05, 0.1) is 19.3 Å². The van der Waals surface area contributed by atoms with E-state index < -0.39 is 0 Å². The Labute approximate surface area is 147 Å². The molecule has 2 N–H and O–H groups in total. The van der Waals surface area contributed by atoms with Gasteiger partial charge < -0.3 is 20.3 Å². The minimum atomic E-state index is 0. The molecular formula is C13H24IN5OS. The van der Waals surface area contributed by atoms with Crippen LogP contribution in [-0.2, 0) is 4.74 Å². The Morgan fingerprint density at radius 2 is 2.14 bits per heavy atom. The highest BCUT2D eigenvalue weighted by molar-refractivity contribution is 14.0. The van der Waals surface area contributed by atoms with Crippen LogP contribution in [0.4, 0.5) is 5.13 Å². The molecule has 1 aliphatic rings. The topological polar surface area (TPSA) is 67.0 Å². The number of anilines is 1. The SMILES string of the molecule is CC(C)OCCN=C(N)N1CCN(c2nccs2)CC1.I. The average Bonchev–Trinajstić information content (AvgIpc) is 2.97. The highest BCUT2D eigenvalue weighted by Crippen LogP contribution is 2.18. The lowest BCUT2D eigenvalue weighted by Gasteiger charge is -2.35. The molecule has 2 rings (SSSR count). The maximum atomic E-state index is 6.02. The first-order valence-electron chi connectivity index (χ1n) is 6.97. The standard InChI is InChI=1S/C13H23N5OS.HI/c1-11(2)19-9-3-15-12(14)17-5-7-18(8-6-17)13-16-4-10-20-13;/h4,10-11H,3,5-9H2,1-2H3,(H2,14,15);1H. The van der Waals surface area contributed by atoms with E-state index in [0.717, 1.165) is 31.3 Å². The molecule has 0 spiro atoms. The molecule has 0 radical (unpaired) electrons. The summed E-state index contributed by atoms with van der Waals surface area (Å²) >= 11 is 1.68. The van der Waals surface area contributed by atoms with Crippen LogP contribution in [0.3, 0.4) is 0 Å². The molecule has 0 bridgehead atoms. The van der Waals surface area contributed by atoms with E-state index in [0.29, 0.717) is 19.1 Å². The van der Waals surface area contributed by atoms with Crippen LogP contribution in [0.2, 0.25) is 0 Å². The predicted octanol–water partition coefficient (Wildman–Crippen LogP) is 1.62. The van der Waals surface area contributed by atoms with E-state index in [1.807, 2.05) is 25.4 Å². The number of ether oxygens (including phenoxy) is 1. The van der Waals surface area contributed by atoms with Crippen LogP contribution in [0, 0.1) is 0 Å². The third kappa shape index (κ3) is 5.95. The van der Waals surface area contributed by atoms with Crippen LogP contribution >= 0.6 is 35.3 Å². The lowest BCUT2D eigenvalue weighted by Crippen LogP contribution is -2.51. The maximum Gasteiger partial charge on any atom is 0.191 e. The van der Waals surface area contributed by atoms with Crippen molar-refractivity contribution in [2.45, 2.75) is 20.0 Å². The largest absolute Gasteiger partial charge is 0.377 e. The van der Waals surface area contributed by atoms with Gasteiger partial charge in [0.15, 0.2) is 11.1 Å². The Balaban J connectivity index is 0.00000220. The summed E-state index contributed by atoms with van der Waals surface area (Å²) in [4.78, 5) is 13.1. The molecule has 21 heavy (non-hydrogen) atoms. The van der Waals surface area contributed by atoms with Crippen LogP contribution in [0.15, 0.2) is 16.6 Å². The highest BCUT2D eigenvalue weighted by Gasteiger charge is 2.19. The van der Waals surface area contributed by atoms with Gasteiger partial charge >= 0.3 is 0 Å². The van der Waals surface area contributed by atoms with Gasteiger partial charge in [-0.3, -0.25) is 4.99 Å². The minimum Gasteiger partial charge on any atom is -0.377 e. The summed E-state index contributed by atoms with van der Waals surface area (Å²) in [5, 5.41) is 3.09. The van der Waals surface area contributed by atoms with E-state index in [1.165, 1.54) is 0 Å². The zero-order valence-corrected chi connectivity index (χ0v) is 15.7. The van der Waals surface area contributed by atoms with Gasteiger partial charge in [0.25, 0.3) is 0 Å². The molecular weight excluding hydrogens is 401 g/mol. The van der Waals surface area contributed by atoms with Crippen molar-refractivity contribution in [3.63, 3.8) is 0 Å². The molecule has 1 aliphatic heterocycles. The Morgan fingerprint density at radius 1 is 1.43 bits per heavy atom. The lowest BCUT2D eigenvalue weighted by atomic mass is 10.3. The van der Waals surface area contributed by atoms with E-state index in [2.05, 4.69) is 19.8 Å². The van der Waals surface area contributed by atoms with Crippen LogP contribution in [0.5, 0.6) is 0 Å². The number of nitrogens with zero attached hydrogens (tertiary/aromatic N) is 4. The van der Waals surface area contributed by atoms with Gasteiger partial charge in [0.2, 0.25) is 0 Å². The van der Waals surface area contributed by atoms with Gasteiger partial charge in [0, 0.05) is 37.8 Å². The van der Waals surface area contributed by atoms with Crippen molar-refractivity contribution < 1.29 is 4.74 Å². The van der Waals surface area contributed by atoms with Crippen molar-refractivity contribution in [3.05, 3.63) is 11.6 Å². The van der Waals surface area contributed by atoms with Crippen LogP contribution in [-0.4, -0.2) is 61.3 Å². The van der Waals surface area contributed by atoms with Crippen molar-refractivity contribution in [1.29, 1.82) is 0 Å². The van der Waals surface area contributed by atoms with Gasteiger partial charge in [-0.1, -0.05) is 0 Å². The summed E-state index contributed by atoms with van der Waals surface area (Å²) in [6.07, 6.45) is 2.09. The number of piperazine rings is 1. The molecule has 120 valence electrons. The van der Waals surface area contributed by atoms with Gasteiger partial charge in [-0.05, 0) is 13.8 Å². The monoisotopic (exact) mass is 425 g/mol. The second kappa shape index (κ2) is 9.42. The third-order valence-corrected chi connectivity index (χ3v) is 3.94. The predicted molar refractivity (Wildman–Crippen MR) is 98.9 cm³/mol. The molecule has 1 aromatic rings. The molecule has 0 aliphatic carbocycles. The molecule has 6 nitrogen and oxygen atoms in total. The highest BCUT2D eigenvalue weighted by atomic mass is 127. The second-order valence-corrected chi connectivity index (χ2v) is 5.82. The van der Waals surface area contributed by atoms with E-state index in [4.69, 9.17) is 10.5 Å². The molecule has 0 amide bonds. The number of hydrogen-bond acceptors (Lipinski definition) is 5. The number of guanidine groups is 1. The first kappa shape index (κ1) is 18.4. The zero-order chi connectivity index (χ0) is 14.4. The third-order valence-electron chi connectivity index (χ3n) is 3.11. The fraction of sp³-hybridized carbons (Fsp3) is 0.692. The second-order valence-electron chi connectivity index (χ2n) is 4.95. The van der Waals surface area contributed by atoms with E-state index >= 15 is 0 Å². The number of thiazole rings is 1. The van der Waals surface area contributed by atoms with Crippen LogP contribution in [0.1, 0.15) is 13.8 Å². The van der Waals surface area contributed by atoms with Gasteiger partial charge in [0.1, 0.15) is 0 Å². The number of nitrogens with two attached hydrogens (primary N) is 1. The Bertz CT molecular complexity index is 418. The number of aromatic nitrogens is 1. The molecule has 2 heterocycles. The van der Waals surface area contributed by atoms with Crippen LogP contribution < -0.4 is 10.6 Å². The van der Waals surface area contributed by atoms with Crippen molar-refractivity contribution in [1.82, 2.24) is 9.88 Å². The smallest absolute Gasteiger partial charge is 0.191 e. The molecule has 0 atom stereocenters. The summed E-state index contributed by atoms with van der Waals surface area (Å²) in [5.41, 5.74) is 6.02. The van der Waals surface area contributed by atoms with Gasteiger partial charge in [-0.2, -0.15) is 0 Å². The summed E-state index contributed by atoms with van der Waals surface area (Å²) in [6, 6.07) is 0. The fourth-order valence-electron chi connectivity index (χ4n) is 2.05. The number of rotatable bonds is 5. The molecule has 0 aromatic carbocycles. The van der Waals surface area contributed by atoms with Crippen molar-refractivity contribution in [2.75, 3.05) is 44.2 Å². The molecule has 8 heteroatoms. The molecule has 1 aromatic heterocycles. The first-order chi connectivity index (χ1) is 9.66. The number of hydrogen-bond donors (Lipinski definition) is 1. The Kier molecular flexibility index (Phi) is 8.27. The Morgan fingerprint density at radius 3 is 2.71 bits per heavy atom. The summed E-state index contributed by atoms with van der Waals surface area (Å²) in [6.45, 7) is 8.93. The summed E-state index contributed by atoms with van der Waals surface area (Å²) in [5.74, 6) is 0.621. The molecule has 1 fully saturated rings. The lowest BCUT2D eigenvalue weighted by molar-refractivity contribution is 0.0852. The van der Waals surface area contributed by atoms with Gasteiger partial charge in [-0.15, -0.1) is 35.3 Å². The fourth-order valence-corrected chi connectivity index (χ4v) is 2.74. The first-order valence-corrected chi connectivity index (χ1v) is 7.85. The number of halogens is 1. The Hall–Kier alpha value is -0.610. The molecule has 0 unspecified atom stereocenters. The average molecular weight is 425 g/mol. The van der Waals surface area contributed by atoms with Crippen molar-refractivity contribution >= 4 is 46.4 Å². The van der Waals surface area contributed by atoms with Crippen molar-refractivity contribution in [2.24, 2.45) is 10.7 Å². The molecule has 0 saturated carbocycles. The van der Waals surface area contributed by atoms with Gasteiger partial charge in [-0.25, -0.2) is 4.98 Å². The van der Waals surface area contributed by atoms with Crippen LogP contribution in [0.25, 0.3) is 0 Å². The summed E-state index contributed by atoms with van der Waals surface area (Å²) in [7, 11) is 0. The quantitative estimate of drug-likeness (QED) is 0.336. The maximum absolute atomic E-state index is 6.02. The number of aliphatic imine (C=N–C) groups is 1.